The largest absolute Gasteiger partial charge is 0.496 e. The van der Waals surface area contributed by atoms with Crippen molar-refractivity contribution in [2.75, 3.05) is 27.2 Å². The minimum Gasteiger partial charge on any atom is -0.496 e. The molecular formula is C16H22N4O4. The van der Waals surface area contributed by atoms with Crippen LogP contribution in [0.2, 0.25) is 0 Å². The van der Waals surface area contributed by atoms with Crippen molar-refractivity contribution in [1.29, 1.82) is 0 Å². The van der Waals surface area contributed by atoms with Gasteiger partial charge in [0.2, 0.25) is 11.8 Å². The Morgan fingerprint density at radius 1 is 1.38 bits per heavy atom. The number of amides is 4. The first kappa shape index (κ1) is 17.6. The van der Waals surface area contributed by atoms with Crippen LogP contribution in [-0.4, -0.2) is 56.0 Å². The van der Waals surface area contributed by atoms with Gasteiger partial charge in [0.15, 0.2) is 0 Å². The quantitative estimate of drug-likeness (QED) is 0.697. The summed E-state index contributed by atoms with van der Waals surface area (Å²) in [6.45, 7) is 0.990. The van der Waals surface area contributed by atoms with Gasteiger partial charge >= 0.3 is 6.03 Å². The molecule has 2 rings (SSSR count). The lowest BCUT2D eigenvalue weighted by Crippen LogP contribution is -2.60. The second-order valence-electron chi connectivity index (χ2n) is 5.35. The highest BCUT2D eigenvalue weighted by Crippen LogP contribution is 2.17. The van der Waals surface area contributed by atoms with Gasteiger partial charge < -0.3 is 25.6 Å². The van der Waals surface area contributed by atoms with Gasteiger partial charge in [0, 0.05) is 32.2 Å². The summed E-state index contributed by atoms with van der Waals surface area (Å²) < 4.78 is 5.25. The van der Waals surface area contributed by atoms with Crippen LogP contribution in [0.5, 0.6) is 5.75 Å². The predicted octanol–water partition coefficient (Wildman–Crippen LogP) is -0.159. The highest BCUT2D eigenvalue weighted by atomic mass is 16.5. The molecule has 1 aromatic rings. The van der Waals surface area contributed by atoms with Crippen molar-refractivity contribution >= 4 is 17.8 Å². The molecule has 1 saturated heterocycles. The predicted molar refractivity (Wildman–Crippen MR) is 87.4 cm³/mol. The number of para-hydroxylation sites is 1. The minimum atomic E-state index is -0.809. The van der Waals surface area contributed by atoms with Crippen LogP contribution in [0.4, 0.5) is 4.79 Å². The Hall–Kier alpha value is -2.77. The number of nitrogens with one attached hydrogen (secondary N) is 3. The third-order valence-electron chi connectivity index (χ3n) is 3.87. The van der Waals surface area contributed by atoms with Gasteiger partial charge in [0.1, 0.15) is 11.8 Å². The molecule has 0 saturated carbocycles. The average Bonchev–Trinajstić information content (AvgIpc) is 2.61. The first-order chi connectivity index (χ1) is 11.6. The van der Waals surface area contributed by atoms with E-state index in [-0.39, 0.29) is 30.8 Å². The third-order valence-corrected chi connectivity index (χ3v) is 3.87. The first-order valence-corrected chi connectivity index (χ1v) is 7.71. The number of urea groups is 1. The van der Waals surface area contributed by atoms with Crippen molar-refractivity contribution in [3.05, 3.63) is 29.8 Å². The Morgan fingerprint density at radius 3 is 2.83 bits per heavy atom. The number of hydrogen-bond donors (Lipinski definition) is 3. The highest BCUT2D eigenvalue weighted by Gasteiger charge is 2.34. The van der Waals surface area contributed by atoms with Crippen molar-refractivity contribution in [3.63, 3.8) is 0 Å². The average molecular weight is 334 g/mol. The molecule has 4 amide bonds. The Labute approximate surface area is 140 Å². The maximum atomic E-state index is 12.5. The van der Waals surface area contributed by atoms with E-state index in [1.54, 1.807) is 7.11 Å². The van der Waals surface area contributed by atoms with E-state index >= 15 is 0 Å². The fourth-order valence-corrected chi connectivity index (χ4v) is 2.56. The highest BCUT2D eigenvalue weighted by molar-refractivity contribution is 5.92. The molecule has 8 nitrogen and oxygen atoms in total. The summed E-state index contributed by atoms with van der Waals surface area (Å²) in [5.74, 6) is 0.0629. The molecule has 1 heterocycles. The summed E-state index contributed by atoms with van der Waals surface area (Å²) in [5, 5.41) is 7.93. The molecule has 1 aliphatic heterocycles. The summed E-state index contributed by atoms with van der Waals surface area (Å²) >= 11 is 0. The third kappa shape index (κ3) is 4.15. The number of piperazine rings is 1. The molecule has 130 valence electrons. The lowest BCUT2D eigenvalue weighted by molar-refractivity contribution is -0.132. The molecule has 1 atom stereocenters. The second kappa shape index (κ2) is 8.19. The van der Waals surface area contributed by atoms with E-state index in [2.05, 4.69) is 16.0 Å². The van der Waals surface area contributed by atoms with Crippen molar-refractivity contribution < 1.29 is 19.1 Å². The Kier molecular flexibility index (Phi) is 6.00. The summed E-state index contributed by atoms with van der Waals surface area (Å²) in [7, 11) is 3.06. The van der Waals surface area contributed by atoms with Gasteiger partial charge in [-0.1, -0.05) is 18.2 Å². The zero-order valence-electron chi connectivity index (χ0n) is 13.8. The van der Waals surface area contributed by atoms with Crippen LogP contribution in [0.3, 0.4) is 0 Å². The number of nitrogens with zero attached hydrogens (tertiary/aromatic N) is 1. The minimum absolute atomic E-state index is 0.0651. The van der Waals surface area contributed by atoms with Crippen LogP contribution < -0.4 is 20.7 Å². The van der Waals surface area contributed by atoms with Crippen LogP contribution >= 0.6 is 0 Å². The van der Waals surface area contributed by atoms with Crippen LogP contribution in [0.25, 0.3) is 0 Å². The van der Waals surface area contributed by atoms with E-state index in [1.165, 1.54) is 11.9 Å². The van der Waals surface area contributed by atoms with E-state index in [0.29, 0.717) is 18.8 Å². The Bertz CT molecular complexity index is 620. The second-order valence-corrected chi connectivity index (χ2v) is 5.35. The van der Waals surface area contributed by atoms with Crippen LogP contribution in [0.15, 0.2) is 24.3 Å². The van der Waals surface area contributed by atoms with E-state index < -0.39 is 6.04 Å². The summed E-state index contributed by atoms with van der Waals surface area (Å²) in [6.07, 6.45) is -0.0651. The van der Waals surface area contributed by atoms with Crippen molar-refractivity contribution in [2.24, 2.45) is 0 Å². The van der Waals surface area contributed by atoms with Crippen molar-refractivity contribution in [2.45, 2.75) is 19.0 Å². The molecule has 0 bridgehead atoms. The molecule has 3 N–H and O–H groups in total. The van der Waals surface area contributed by atoms with E-state index in [9.17, 15) is 14.4 Å². The van der Waals surface area contributed by atoms with Gasteiger partial charge in [-0.05, 0) is 6.07 Å². The fourth-order valence-electron chi connectivity index (χ4n) is 2.56. The molecule has 0 unspecified atom stereocenters. The lowest BCUT2D eigenvalue weighted by atomic mass is 10.1. The van der Waals surface area contributed by atoms with Crippen LogP contribution in [0.1, 0.15) is 12.0 Å². The first-order valence-electron chi connectivity index (χ1n) is 7.71. The topological polar surface area (TPSA) is 99.8 Å². The standard InChI is InChI=1S/C16H22N4O4/c1-17-14(21)9-12-15(22)18-7-8-20(12)16(23)19-10-11-5-3-4-6-13(11)24-2/h3-6,12H,7-10H2,1-2H3,(H,17,21)(H,18,22)(H,19,23)/t12-/m1/s1. The maximum Gasteiger partial charge on any atom is 0.318 e. The monoisotopic (exact) mass is 334 g/mol. The smallest absolute Gasteiger partial charge is 0.318 e. The van der Waals surface area contributed by atoms with Gasteiger partial charge in [0.25, 0.3) is 0 Å². The molecule has 0 radical (unpaired) electrons. The molecule has 0 aromatic heterocycles. The van der Waals surface area contributed by atoms with Gasteiger partial charge in [-0.15, -0.1) is 0 Å². The molecule has 1 fully saturated rings. The number of carbonyl (C=O) groups excluding carboxylic acids is 3. The number of methoxy groups -OCH3 is 1. The van der Waals surface area contributed by atoms with Gasteiger partial charge in [-0.3, -0.25) is 9.59 Å². The Morgan fingerprint density at radius 2 is 2.12 bits per heavy atom. The van der Waals surface area contributed by atoms with Gasteiger partial charge in [0.05, 0.1) is 13.5 Å². The molecule has 8 heteroatoms. The number of benzene rings is 1. The van der Waals surface area contributed by atoms with Gasteiger partial charge in [-0.2, -0.15) is 0 Å². The van der Waals surface area contributed by atoms with E-state index in [4.69, 9.17) is 4.74 Å². The fraction of sp³-hybridized carbons (Fsp3) is 0.438. The van der Waals surface area contributed by atoms with Crippen molar-refractivity contribution in [1.82, 2.24) is 20.9 Å². The van der Waals surface area contributed by atoms with Crippen LogP contribution in [-0.2, 0) is 16.1 Å². The van der Waals surface area contributed by atoms with Crippen LogP contribution in [0, 0.1) is 0 Å². The lowest BCUT2D eigenvalue weighted by Gasteiger charge is -2.34. The molecule has 1 aromatic carbocycles. The summed E-state index contributed by atoms with van der Waals surface area (Å²) in [6, 6.07) is 6.17. The number of hydrogen-bond acceptors (Lipinski definition) is 4. The maximum absolute atomic E-state index is 12.5. The zero-order valence-corrected chi connectivity index (χ0v) is 13.8. The summed E-state index contributed by atoms with van der Waals surface area (Å²) in [4.78, 5) is 37.4. The number of rotatable bonds is 5. The SMILES string of the molecule is CNC(=O)C[C@@H]1C(=O)NCCN1C(=O)NCc1ccccc1OC. The summed E-state index contributed by atoms with van der Waals surface area (Å²) in [5.41, 5.74) is 0.831. The zero-order chi connectivity index (χ0) is 17.5. The van der Waals surface area contributed by atoms with E-state index in [1.807, 2.05) is 24.3 Å². The molecule has 1 aliphatic rings. The van der Waals surface area contributed by atoms with Crippen molar-refractivity contribution in [3.8, 4) is 5.75 Å². The molecule has 0 aliphatic carbocycles. The van der Waals surface area contributed by atoms with E-state index in [0.717, 1.165) is 5.56 Å². The number of carbonyl (C=O) groups is 3. The molecule has 24 heavy (non-hydrogen) atoms. The molecular weight excluding hydrogens is 312 g/mol. The normalized spacial score (nSPS) is 17.0. The van der Waals surface area contributed by atoms with Gasteiger partial charge in [-0.25, -0.2) is 4.79 Å². The number of ether oxygens (including phenoxy) is 1. The molecule has 0 spiro atoms. The Balaban J connectivity index is 2.03.